The van der Waals surface area contributed by atoms with Gasteiger partial charge in [0.25, 0.3) is 0 Å². The second-order valence-corrected chi connectivity index (χ2v) is 4.24. The average molecular weight is 276 g/mol. The van der Waals surface area contributed by atoms with Crippen LogP contribution in [0.15, 0.2) is 43.0 Å². The molecule has 0 fully saturated rings. The number of carbonyl (C=O) groups excluding carboxylic acids is 1. The minimum absolute atomic E-state index is 0.128. The molecule has 0 unspecified atom stereocenters. The van der Waals surface area contributed by atoms with Crippen LogP contribution in [0.5, 0.6) is 5.75 Å². The van der Waals surface area contributed by atoms with Crippen LogP contribution in [0.2, 0.25) is 0 Å². The van der Waals surface area contributed by atoms with Gasteiger partial charge in [-0.15, -0.1) is 0 Å². The van der Waals surface area contributed by atoms with Crippen LogP contribution in [0.25, 0.3) is 0 Å². The highest BCUT2D eigenvalue weighted by molar-refractivity contribution is 5.89. The lowest BCUT2D eigenvalue weighted by atomic mass is 10.2. The molecule has 0 aliphatic carbocycles. The van der Waals surface area contributed by atoms with Crippen LogP contribution in [0.4, 0.5) is 0 Å². The van der Waals surface area contributed by atoms with E-state index >= 15 is 0 Å². The first-order chi connectivity index (χ1) is 9.69. The van der Waals surface area contributed by atoms with Crippen LogP contribution >= 0.6 is 0 Å². The molecule has 1 aromatic carbocycles. The van der Waals surface area contributed by atoms with Crippen molar-refractivity contribution in [3.63, 3.8) is 0 Å². The normalized spacial score (nSPS) is 11.9. The zero-order valence-corrected chi connectivity index (χ0v) is 11.1. The van der Waals surface area contributed by atoms with Crippen molar-refractivity contribution in [1.82, 2.24) is 9.55 Å². The second-order valence-electron chi connectivity index (χ2n) is 4.24. The Morgan fingerprint density at radius 2 is 2.35 bits per heavy atom. The zero-order chi connectivity index (χ0) is 14.4. The van der Waals surface area contributed by atoms with E-state index in [4.69, 9.17) is 4.74 Å². The van der Waals surface area contributed by atoms with E-state index in [1.54, 1.807) is 47.6 Å². The fourth-order valence-corrected chi connectivity index (χ4v) is 1.71. The van der Waals surface area contributed by atoms with Gasteiger partial charge in [0, 0.05) is 12.4 Å². The van der Waals surface area contributed by atoms with Crippen molar-refractivity contribution in [3.05, 3.63) is 48.5 Å². The van der Waals surface area contributed by atoms with Crippen molar-refractivity contribution in [2.24, 2.45) is 0 Å². The first-order valence-electron chi connectivity index (χ1n) is 6.14. The maximum absolute atomic E-state index is 11.4. The molecule has 2 aromatic rings. The Bertz CT molecular complexity index is 554. The van der Waals surface area contributed by atoms with Crippen LogP contribution in [0.1, 0.15) is 10.4 Å². The molecule has 106 valence electrons. The van der Waals surface area contributed by atoms with Gasteiger partial charge in [0.2, 0.25) is 0 Å². The van der Waals surface area contributed by atoms with Crippen molar-refractivity contribution < 1.29 is 19.4 Å². The molecule has 0 spiro atoms. The smallest absolute Gasteiger partial charge is 0.337 e. The van der Waals surface area contributed by atoms with E-state index in [1.165, 1.54) is 7.11 Å². The number of ether oxygens (including phenoxy) is 2. The lowest BCUT2D eigenvalue weighted by Gasteiger charge is -2.13. The van der Waals surface area contributed by atoms with Crippen molar-refractivity contribution in [1.29, 1.82) is 0 Å². The van der Waals surface area contributed by atoms with E-state index in [-0.39, 0.29) is 6.61 Å². The van der Waals surface area contributed by atoms with Gasteiger partial charge in [-0.1, -0.05) is 6.07 Å². The van der Waals surface area contributed by atoms with Crippen molar-refractivity contribution in [2.45, 2.75) is 12.6 Å². The average Bonchev–Trinajstić information content (AvgIpc) is 2.97. The summed E-state index contributed by atoms with van der Waals surface area (Å²) in [6, 6.07) is 6.64. The summed E-state index contributed by atoms with van der Waals surface area (Å²) in [5, 5.41) is 9.84. The Balaban J connectivity index is 1.88. The summed E-state index contributed by atoms with van der Waals surface area (Å²) >= 11 is 0. The molecule has 1 aromatic heterocycles. The summed E-state index contributed by atoms with van der Waals surface area (Å²) in [5.74, 6) is 0.0898. The third-order valence-corrected chi connectivity index (χ3v) is 2.68. The van der Waals surface area contributed by atoms with E-state index in [0.717, 1.165) is 0 Å². The molecule has 6 heteroatoms. The van der Waals surface area contributed by atoms with Gasteiger partial charge in [-0.05, 0) is 18.2 Å². The topological polar surface area (TPSA) is 73.6 Å². The number of imidazole rings is 1. The van der Waals surface area contributed by atoms with Crippen LogP contribution in [-0.4, -0.2) is 40.4 Å². The Morgan fingerprint density at radius 1 is 1.50 bits per heavy atom. The quantitative estimate of drug-likeness (QED) is 0.800. The van der Waals surface area contributed by atoms with Gasteiger partial charge in [-0.2, -0.15) is 0 Å². The molecule has 1 heterocycles. The molecule has 2 rings (SSSR count). The van der Waals surface area contributed by atoms with Crippen LogP contribution in [-0.2, 0) is 11.3 Å². The number of carbonyl (C=O) groups is 1. The first-order valence-corrected chi connectivity index (χ1v) is 6.14. The van der Waals surface area contributed by atoms with Gasteiger partial charge in [0.05, 0.1) is 25.5 Å². The third kappa shape index (κ3) is 3.83. The largest absolute Gasteiger partial charge is 0.491 e. The fraction of sp³-hybridized carbons (Fsp3) is 0.286. The molecule has 0 aliphatic rings. The van der Waals surface area contributed by atoms with Crippen molar-refractivity contribution >= 4 is 5.97 Å². The van der Waals surface area contributed by atoms with Crippen molar-refractivity contribution in [2.75, 3.05) is 13.7 Å². The number of methoxy groups -OCH3 is 1. The number of rotatable bonds is 6. The Hall–Kier alpha value is -2.34. The number of aromatic nitrogens is 2. The van der Waals surface area contributed by atoms with Crippen LogP contribution in [0, 0.1) is 0 Å². The number of aliphatic hydroxyl groups is 1. The SMILES string of the molecule is COC(=O)c1cccc(OC[C@H](O)Cn2ccnc2)c1. The molecule has 1 N–H and O–H groups in total. The Kier molecular flexibility index (Phi) is 4.73. The molecule has 0 saturated carbocycles. The fourth-order valence-electron chi connectivity index (χ4n) is 1.71. The van der Waals surface area contributed by atoms with Gasteiger partial charge >= 0.3 is 5.97 Å². The first kappa shape index (κ1) is 14.1. The summed E-state index contributed by atoms with van der Waals surface area (Å²) in [4.78, 5) is 15.3. The van der Waals surface area contributed by atoms with E-state index in [1.807, 2.05) is 0 Å². The molecular weight excluding hydrogens is 260 g/mol. The number of benzene rings is 1. The molecular formula is C14H16N2O4. The lowest BCUT2D eigenvalue weighted by Crippen LogP contribution is -2.23. The molecule has 6 nitrogen and oxygen atoms in total. The highest BCUT2D eigenvalue weighted by atomic mass is 16.5. The highest BCUT2D eigenvalue weighted by Crippen LogP contribution is 2.14. The second kappa shape index (κ2) is 6.72. The van der Waals surface area contributed by atoms with Crippen LogP contribution in [0.3, 0.4) is 0 Å². The van der Waals surface area contributed by atoms with Gasteiger partial charge in [-0.25, -0.2) is 9.78 Å². The Morgan fingerprint density at radius 3 is 3.05 bits per heavy atom. The van der Waals surface area contributed by atoms with Gasteiger partial charge in [0.15, 0.2) is 0 Å². The number of esters is 1. The minimum Gasteiger partial charge on any atom is -0.491 e. The van der Waals surface area contributed by atoms with Gasteiger partial charge in [0.1, 0.15) is 18.5 Å². The van der Waals surface area contributed by atoms with E-state index in [9.17, 15) is 9.90 Å². The van der Waals surface area contributed by atoms with Crippen LogP contribution < -0.4 is 4.74 Å². The molecule has 1 atom stereocenters. The Labute approximate surface area is 116 Å². The minimum atomic E-state index is -0.661. The number of nitrogens with zero attached hydrogens (tertiary/aromatic N) is 2. The number of hydrogen-bond donors (Lipinski definition) is 1. The van der Waals surface area contributed by atoms with Gasteiger partial charge < -0.3 is 19.1 Å². The molecule has 0 aliphatic heterocycles. The number of aliphatic hydroxyl groups excluding tert-OH is 1. The predicted molar refractivity (Wildman–Crippen MR) is 71.5 cm³/mol. The summed E-state index contributed by atoms with van der Waals surface area (Å²) in [6.45, 7) is 0.527. The zero-order valence-electron chi connectivity index (χ0n) is 11.1. The third-order valence-electron chi connectivity index (χ3n) is 2.68. The summed E-state index contributed by atoms with van der Waals surface area (Å²) in [5.41, 5.74) is 0.411. The molecule has 0 saturated heterocycles. The monoisotopic (exact) mass is 276 g/mol. The maximum atomic E-state index is 11.4. The number of hydrogen-bond acceptors (Lipinski definition) is 5. The predicted octanol–water partition coefficient (Wildman–Crippen LogP) is 1.11. The van der Waals surface area contributed by atoms with E-state index in [0.29, 0.717) is 17.9 Å². The maximum Gasteiger partial charge on any atom is 0.337 e. The standard InChI is InChI=1S/C14H16N2O4/c1-19-14(18)11-3-2-4-13(7-11)20-9-12(17)8-16-6-5-15-10-16/h2-7,10,12,17H,8-9H2,1H3/t12-/m1/s1. The van der Waals surface area contributed by atoms with Gasteiger partial charge in [-0.3, -0.25) is 0 Å². The molecule has 0 bridgehead atoms. The summed E-state index contributed by atoms with van der Waals surface area (Å²) < 4.78 is 11.9. The lowest BCUT2D eigenvalue weighted by molar-refractivity contribution is 0.0599. The molecule has 20 heavy (non-hydrogen) atoms. The molecule has 0 radical (unpaired) electrons. The summed E-state index contributed by atoms with van der Waals surface area (Å²) in [6.07, 6.45) is 4.38. The highest BCUT2D eigenvalue weighted by Gasteiger charge is 2.09. The molecule has 0 amide bonds. The van der Waals surface area contributed by atoms with Crippen molar-refractivity contribution in [3.8, 4) is 5.75 Å². The summed E-state index contributed by atoms with van der Waals surface area (Å²) in [7, 11) is 1.32. The van der Waals surface area contributed by atoms with E-state index < -0.39 is 12.1 Å². The van der Waals surface area contributed by atoms with E-state index in [2.05, 4.69) is 9.72 Å².